The van der Waals surface area contributed by atoms with E-state index in [2.05, 4.69) is 24.3 Å². The first kappa shape index (κ1) is 25.6. The van der Waals surface area contributed by atoms with Gasteiger partial charge in [0.1, 0.15) is 18.1 Å². The lowest BCUT2D eigenvalue weighted by molar-refractivity contribution is 0.0602. The molecule has 0 aliphatic carbocycles. The molecular formula is C27H30N3O5P. The normalized spacial score (nSPS) is 14.3. The minimum Gasteiger partial charge on any atom is -0.507 e. The molecule has 0 aromatic heterocycles. The summed E-state index contributed by atoms with van der Waals surface area (Å²) in [5, 5.41) is 13.1. The van der Waals surface area contributed by atoms with Crippen LogP contribution in [0.1, 0.15) is 20.7 Å². The Kier molecular flexibility index (Phi) is 8.54. The molecule has 1 fully saturated rings. The molecule has 3 aromatic rings. The van der Waals surface area contributed by atoms with E-state index in [1.165, 1.54) is 19.2 Å². The predicted octanol–water partition coefficient (Wildman–Crippen LogP) is 3.88. The number of carbonyl (C=O) groups excluding carboxylic acids is 2. The van der Waals surface area contributed by atoms with Gasteiger partial charge in [0, 0.05) is 32.7 Å². The summed E-state index contributed by atoms with van der Waals surface area (Å²) in [5.41, 5.74) is 2.30. The van der Waals surface area contributed by atoms with E-state index in [0.717, 1.165) is 43.9 Å². The lowest BCUT2D eigenvalue weighted by atomic mass is 10.0. The first-order valence-electron chi connectivity index (χ1n) is 11.7. The van der Waals surface area contributed by atoms with Crippen LogP contribution in [0.25, 0.3) is 11.1 Å². The van der Waals surface area contributed by atoms with Crippen molar-refractivity contribution >= 4 is 27.0 Å². The van der Waals surface area contributed by atoms with Crippen LogP contribution in [0.3, 0.4) is 0 Å². The van der Waals surface area contributed by atoms with Crippen LogP contribution in [0.5, 0.6) is 11.5 Å². The zero-order chi connectivity index (χ0) is 25.5. The molecule has 1 amide bonds. The zero-order valence-electron chi connectivity index (χ0n) is 20.1. The summed E-state index contributed by atoms with van der Waals surface area (Å²) in [6, 6.07) is 19.3. The molecule has 3 aromatic carbocycles. The molecule has 1 heterocycles. The number of benzene rings is 3. The molecule has 1 saturated heterocycles. The summed E-state index contributed by atoms with van der Waals surface area (Å²) < 4.78 is 13.0. The highest BCUT2D eigenvalue weighted by Crippen LogP contribution is 2.29. The Labute approximate surface area is 213 Å². The number of hydrogen-bond donors (Lipinski definition) is 2. The molecule has 0 radical (unpaired) electrons. The van der Waals surface area contributed by atoms with Crippen molar-refractivity contribution < 1.29 is 24.2 Å². The number of methoxy groups -OCH3 is 1. The van der Waals surface area contributed by atoms with Crippen molar-refractivity contribution in [3.8, 4) is 22.6 Å². The topological polar surface area (TPSA) is 91.3 Å². The fraction of sp³-hybridized carbons (Fsp3) is 0.259. The van der Waals surface area contributed by atoms with Gasteiger partial charge in [-0.1, -0.05) is 45.8 Å². The number of carbonyl (C=O) groups is 2. The zero-order valence-corrected chi connectivity index (χ0v) is 21.3. The molecule has 36 heavy (non-hydrogen) atoms. The number of nitrogens with zero attached hydrogens (tertiary/aromatic N) is 2. The number of anilines is 1. The van der Waals surface area contributed by atoms with Crippen LogP contribution < -0.4 is 10.1 Å². The van der Waals surface area contributed by atoms with Gasteiger partial charge in [0.15, 0.2) is 0 Å². The molecular weight excluding hydrogens is 477 g/mol. The Bertz CT molecular complexity index is 1210. The Morgan fingerprint density at radius 2 is 1.69 bits per heavy atom. The van der Waals surface area contributed by atoms with E-state index in [1.807, 2.05) is 30.3 Å². The van der Waals surface area contributed by atoms with Crippen LogP contribution in [0.4, 0.5) is 5.69 Å². The highest BCUT2D eigenvalue weighted by atomic mass is 31.0. The summed E-state index contributed by atoms with van der Waals surface area (Å²) in [7, 11) is 4.01. The quantitative estimate of drug-likeness (QED) is 0.353. The fourth-order valence-electron chi connectivity index (χ4n) is 4.00. The Hall–Kier alpha value is -3.45. The molecule has 1 unspecified atom stereocenters. The largest absolute Gasteiger partial charge is 0.507 e. The number of rotatable bonds is 8. The molecule has 8 nitrogen and oxygen atoms in total. The summed E-state index contributed by atoms with van der Waals surface area (Å²) in [6.45, 7) is 5.17. The number of ether oxygens (including phenoxy) is 2. The van der Waals surface area contributed by atoms with Crippen molar-refractivity contribution in [3.63, 3.8) is 0 Å². The smallest absolute Gasteiger partial charge is 0.339 e. The summed E-state index contributed by atoms with van der Waals surface area (Å²) in [6.07, 6.45) is 0. The maximum absolute atomic E-state index is 13.2. The summed E-state index contributed by atoms with van der Waals surface area (Å²) in [5.74, 6) is -0.845. The van der Waals surface area contributed by atoms with Gasteiger partial charge in [-0.15, -0.1) is 0 Å². The molecule has 188 valence electrons. The van der Waals surface area contributed by atoms with E-state index in [9.17, 15) is 14.7 Å². The van der Waals surface area contributed by atoms with Crippen molar-refractivity contribution in [1.82, 2.24) is 9.57 Å². The molecule has 4 rings (SSSR count). The van der Waals surface area contributed by atoms with Crippen LogP contribution >= 0.6 is 9.39 Å². The number of amides is 1. The second-order valence-corrected chi connectivity index (χ2v) is 9.21. The van der Waals surface area contributed by atoms with Gasteiger partial charge in [-0.05, 0) is 41.5 Å². The van der Waals surface area contributed by atoms with Crippen LogP contribution in [0.2, 0.25) is 0 Å². The molecule has 1 aliphatic heterocycles. The maximum Gasteiger partial charge on any atom is 0.339 e. The van der Waals surface area contributed by atoms with Crippen LogP contribution in [-0.2, 0) is 4.74 Å². The molecule has 1 aliphatic rings. The van der Waals surface area contributed by atoms with E-state index < -0.39 is 11.9 Å². The standard InChI is InChI=1S/C27H30N3O5P/c1-34-27(33)22-9-7-20(19-5-3-2-4-6-19)17-24(22)28-26(32)23-18-21(8-10-25(23)31)35-16-15-29-11-13-30(36)14-12-29/h2-10,17-18,31H,11-16,36H2,1H3,(H,28,32). The van der Waals surface area contributed by atoms with Gasteiger partial charge in [-0.2, -0.15) is 0 Å². The third-order valence-electron chi connectivity index (χ3n) is 6.08. The highest BCUT2D eigenvalue weighted by molar-refractivity contribution is 7.13. The fourth-order valence-corrected chi connectivity index (χ4v) is 4.23. The van der Waals surface area contributed by atoms with Crippen LogP contribution in [0, 0.1) is 0 Å². The van der Waals surface area contributed by atoms with Gasteiger partial charge in [-0.25, -0.2) is 4.79 Å². The number of aromatic hydroxyl groups is 1. The number of phenolic OH excluding ortho intramolecular Hbond substituents is 1. The first-order valence-corrected chi connectivity index (χ1v) is 12.2. The lowest BCUT2D eigenvalue weighted by Crippen LogP contribution is -2.43. The van der Waals surface area contributed by atoms with E-state index >= 15 is 0 Å². The van der Waals surface area contributed by atoms with Crippen molar-refractivity contribution in [3.05, 3.63) is 77.9 Å². The van der Waals surface area contributed by atoms with Crippen molar-refractivity contribution in [2.24, 2.45) is 0 Å². The number of nitrogens with one attached hydrogen (secondary N) is 1. The van der Waals surface area contributed by atoms with E-state index in [4.69, 9.17) is 9.47 Å². The average Bonchev–Trinajstić information content (AvgIpc) is 2.90. The Morgan fingerprint density at radius 3 is 2.42 bits per heavy atom. The average molecular weight is 508 g/mol. The van der Waals surface area contributed by atoms with Crippen molar-refractivity contribution in [2.75, 3.05) is 51.8 Å². The van der Waals surface area contributed by atoms with Crippen molar-refractivity contribution in [2.45, 2.75) is 0 Å². The number of esters is 1. The van der Waals surface area contributed by atoms with Gasteiger partial charge >= 0.3 is 5.97 Å². The summed E-state index contributed by atoms with van der Waals surface area (Å²) in [4.78, 5) is 27.8. The van der Waals surface area contributed by atoms with Gasteiger partial charge in [0.2, 0.25) is 0 Å². The molecule has 9 heteroatoms. The SMILES string of the molecule is COC(=O)c1ccc(-c2ccccc2)cc1NC(=O)c1cc(OCCN2CCN(P)CC2)ccc1O. The highest BCUT2D eigenvalue weighted by Gasteiger charge is 2.19. The lowest BCUT2D eigenvalue weighted by Gasteiger charge is -2.31. The van der Waals surface area contributed by atoms with E-state index in [1.54, 1.807) is 24.3 Å². The summed E-state index contributed by atoms with van der Waals surface area (Å²) >= 11 is 0. The minimum absolute atomic E-state index is 0.0463. The second-order valence-electron chi connectivity index (χ2n) is 8.48. The number of phenols is 1. The first-order chi connectivity index (χ1) is 17.4. The number of piperazine rings is 1. The molecule has 1 atom stereocenters. The van der Waals surface area contributed by atoms with Gasteiger partial charge in [0.05, 0.1) is 23.9 Å². The second kappa shape index (κ2) is 12.0. The van der Waals surface area contributed by atoms with Gasteiger partial charge < -0.3 is 19.9 Å². The van der Waals surface area contributed by atoms with Gasteiger partial charge in [-0.3, -0.25) is 14.4 Å². The maximum atomic E-state index is 13.2. The monoisotopic (exact) mass is 507 g/mol. The van der Waals surface area contributed by atoms with E-state index in [-0.39, 0.29) is 22.6 Å². The predicted molar refractivity (Wildman–Crippen MR) is 142 cm³/mol. The Balaban J connectivity index is 1.49. The van der Waals surface area contributed by atoms with Crippen molar-refractivity contribution in [1.29, 1.82) is 0 Å². The molecule has 0 saturated carbocycles. The van der Waals surface area contributed by atoms with Crippen LogP contribution in [-0.4, -0.2) is 73.0 Å². The third-order valence-corrected chi connectivity index (χ3v) is 6.59. The molecule has 0 spiro atoms. The van der Waals surface area contributed by atoms with Crippen LogP contribution in [0.15, 0.2) is 66.7 Å². The number of hydrogen-bond acceptors (Lipinski definition) is 7. The van der Waals surface area contributed by atoms with E-state index in [0.29, 0.717) is 12.4 Å². The molecule has 0 bridgehead atoms. The minimum atomic E-state index is -0.575. The molecule has 2 N–H and O–H groups in total. The Morgan fingerprint density at radius 1 is 0.944 bits per heavy atom. The third kappa shape index (κ3) is 6.40. The van der Waals surface area contributed by atoms with Gasteiger partial charge in [0.25, 0.3) is 5.91 Å².